The maximum atomic E-state index is 12.8. The minimum Gasteiger partial charge on any atom is -0.322 e. The molecule has 1 aromatic heterocycles. The topological polar surface area (TPSA) is 17.8 Å². The van der Waals surface area contributed by atoms with Gasteiger partial charge in [0, 0.05) is 16.0 Å². The highest BCUT2D eigenvalue weighted by atomic mass is 79.9. The van der Waals surface area contributed by atoms with Crippen LogP contribution in [0.3, 0.4) is 0 Å². The highest BCUT2D eigenvalue weighted by Gasteiger charge is 2.37. The van der Waals surface area contributed by atoms with Gasteiger partial charge in [0.1, 0.15) is 5.52 Å². The predicted octanol–water partition coefficient (Wildman–Crippen LogP) is 5.64. The summed E-state index contributed by atoms with van der Waals surface area (Å²) in [6.07, 6.45) is -4.49. The zero-order valence-electron chi connectivity index (χ0n) is 8.54. The number of alkyl halides is 3. The van der Waals surface area contributed by atoms with Crippen LogP contribution in [0.1, 0.15) is 5.82 Å². The number of hydrogen-bond donors (Lipinski definition) is 0. The molecule has 2 nitrogen and oxygen atoms in total. The Morgan fingerprint density at radius 1 is 0.944 bits per heavy atom. The van der Waals surface area contributed by atoms with Crippen molar-refractivity contribution in [3.8, 4) is 0 Å². The van der Waals surface area contributed by atoms with Crippen LogP contribution in [0.2, 0.25) is 0 Å². The Bertz CT molecular complexity index is 648. The summed E-state index contributed by atoms with van der Waals surface area (Å²) in [5.74, 6) is -0.941. The molecule has 0 saturated carbocycles. The summed E-state index contributed by atoms with van der Waals surface area (Å²) in [5, 5.41) is 0. The first-order valence-electron chi connectivity index (χ1n) is 4.41. The minimum absolute atomic E-state index is 0.242. The van der Waals surface area contributed by atoms with Crippen LogP contribution in [-0.4, -0.2) is 9.55 Å². The Balaban J connectivity index is 2.98. The molecule has 0 spiro atoms. The third-order valence-corrected chi connectivity index (χ3v) is 7.07. The summed E-state index contributed by atoms with van der Waals surface area (Å²) in [4.78, 5) is 3.66. The van der Waals surface area contributed by atoms with E-state index in [0.717, 1.165) is 4.57 Å². The number of benzene rings is 1. The Morgan fingerprint density at radius 2 is 1.44 bits per heavy atom. The summed E-state index contributed by atoms with van der Waals surface area (Å²) in [7, 11) is 1.33. The average molecular weight is 516 g/mol. The van der Waals surface area contributed by atoms with Gasteiger partial charge in [-0.25, -0.2) is 4.98 Å². The molecule has 0 N–H and O–H groups in total. The first-order chi connectivity index (χ1) is 8.16. The average Bonchev–Trinajstić information content (AvgIpc) is 2.61. The third-order valence-electron chi connectivity index (χ3n) is 2.34. The van der Waals surface area contributed by atoms with Gasteiger partial charge in [-0.15, -0.1) is 0 Å². The van der Waals surface area contributed by atoms with Crippen LogP contribution < -0.4 is 0 Å². The van der Waals surface area contributed by atoms with Gasteiger partial charge in [0.05, 0.1) is 14.5 Å². The van der Waals surface area contributed by atoms with Gasteiger partial charge in [-0.2, -0.15) is 13.2 Å². The summed E-state index contributed by atoms with van der Waals surface area (Å²) in [5.41, 5.74) is 0.607. The van der Waals surface area contributed by atoms with Gasteiger partial charge < -0.3 is 4.57 Å². The molecule has 0 bridgehead atoms. The fourth-order valence-corrected chi connectivity index (χ4v) is 3.99. The lowest BCUT2D eigenvalue weighted by Crippen LogP contribution is -2.12. The van der Waals surface area contributed by atoms with Crippen molar-refractivity contribution in [1.82, 2.24) is 9.55 Å². The number of fused-ring (bicyclic) bond motifs is 1. The molecule has 0 aliphatic carbocycles. The molecule has 0 unspecified atom stereocenters. The van der Waals surface area contributed by atoms with E-state index in [1.165, 1.54) is 7.05 Å². The zero-order valence-corrected chi connectivity index (χ0v) is 14.9. The molecule has 2 rings (SSSR count). The normalized spacial score (nSPS) is 12.4. The molecule has 0 radical (unpaired) electrons. The standard InChI is InChI=1S/C9H3Br4F3N2/c1-18-7-5(13)3(11)2(10)4(12)6(7)17-8(18)9(14,15)16/h1H3. The van der Waals surface area contributed by atoms with E-state index in [2.05, 4.69) is 68.7 Å². The number of rotatable bonds is 0. The summed E-state index contributed by atoms with van der Waals surface area (Å²) >= 11 is 13.1. The molecule has 98 valence electrons. The van der Waals surface area contributed by atoms with Gasteiger partial charge in [0.25, 0.3) is 0 Å². The van der Waals surface area contributed by atoms with E-state index in [1.807, 2.05) is 0 Å². The van der Waals surface area contributed by atoms with Crippen LogP contribution >= 0.6 is 63.7 Å². The molecule has 0 fully saturated rings. The van der Waals surface area contributed by atoms with Crippen molar-refractivity contribution in [2.75, 3.05) is 0 Å². The van der Waals surface area contributed by atoms with Crippen LogP contribution in [-0.2, 0) is 13.2 Å². The van der Waals surface area contributed by atoms with E-state index in [9.17, 15) is 13.2 Å². The van der Waals surface area contributed by atoms with Crippen molar-refractivity contribution in [2.45, 2.75) is 6.18 Å². The van der Waals surface area contributed by atoms with E-state index in [-0.39, 0.29) is 5.52 Å². The van der Waals surface area contributed by atoms with E-state index < -0.39 is 12.0 Å². The highest BCUT2D eigenvalue weighted by molar-refractivity contribution is 9.15. The maximum Gasteiger partial charge on any atom is 0.449 e. The van der Waals surface area contributed by atoms with Crippen molar-refractivity contribution in [3.05, 3.63) is 23.7 Å². The van der Waals surface area contributed by atoms with E-state index in [1.54, 1.807) is 0 Å². The molecular formula is C9H3Br4F3N2. The van der Waals surface area contributed by atoms with Gasteiger partial charge in [-0.3, -0.25) is 0 Å². The maximum absolute atomic E-state index is 12.8. The molecular weight excluding hydrogens is 513 g/mol. The number of aryl methyl sites for hydroxylation is 1. The highest BCUT2D eigenvalue weighted by Crippen LogP contribution is 2.44. The lowest BCUT2D eigenvalue weighted by molar-refractivity contribution is -0.146. The van der Waals surface area contributed by atoms with Crippen LogP contribution in [0.25, 0.3) is 11.0 Å². The van der Waals surface area contributed by atoms with Crippen molar-refractivity contribution >= 4 is 74.8 Å². The molecule has 9 heteroatoms. The SMILES string of the molecule is Cn1c(C(F)(F)F)nc2c(Br)c(Br)c(Br)c(Br)c21. The third kappa shape index (κ3) is 2.16. The minimum atomic E-state index is -4.49. The lowest BCUT2D eigenvalue weighted by Gasteiger charge is -2.08. The fourth-order valence-electron chi connectivity index (χ4n) is 1.56. The number of hydrogen-bond acceptors (Lipinski definition) is 1. The van der Waals surface area contributed by atoms with Crippen LogP contribution in [0.15, 0.2) is 17.9 Å². The monoisotopic (exact) mass is 512 g/mol. The van der Waals surface area contributed by atoms with Gasteiger partial charge in [0.2, 0.25) is 5.82 Å². The van der Waals surface area contributed by atoms with Crippen LogP contribution in [0.4, 0.5) is 13.2 Å². The van der Waals surface area contributed by atoms with Crippen molar-refractivity contribution in [2.24, 2.45) is 7.05 Å². The number of imidazole rings is 1. The Hall–Kier alpha value is 0.400. The molecule has 0 aliphatic rings. The van der Waals surface area contributed by atoms with Crippen molar-refractivity contribution in [1.29, 1.82) is 0 Å². The second kappa shape index (κ2) is 4.75. The van der Waals surface area contributed by atoms with Gasteiger partial charge in [-0.1, -0.05) is 0 Å². The second-order valence-corrected chi connectivity index (χ2v) is 6.62. The van der Waals surface area contributed by atoms with Crippen LogP contribution in [0, 0.1) is 0 Å². The van der Waals surface area contributed by atoms with Gasteiger partial charge >= 0.3 is 6.18 Å². The van der Waals surface area contributed by atoms with E-state index in [0.29, 0.717) is 23.4 Å². The van der Waals surface area contributed by atoms with Crippen LogP contribution in [0.5, 0.6) is 0 Å². The fraction of sp³-hybridized carbons (Fsp3) is 0.222. The quantitative estimate of drug-likeness (QED) is 0.328. The number of nitrogens with zero attached hydrogens (tertiary/aromatic N) is 2. The van der Waals surface area contributed by atoms with E-state index in [4.69, 9.17) is 0 Å². The Kier molecular flexibility index (Phi) is 3.90. The molecule has 0 atom stereocenters. The van der Waals surface area contributed by atoms with E-state index >= 15 is 0 Å². The number of halogens is 7. The van der Waals surface area contributed by atoms with Gasteiger partial charge in [0.15, 0.2) is 0 Å². The molecule has 1 aromatic carbocycles. The number of aromatic nitrogens is 2. The molecule has 0 aliphatic heterocycles. The largest absolute Gasteiger partial charge is 0.449 e. The lowest BCUT2D eigenvalue weighted by atomic mass is 10.3. The first-order valence-corrected chi connectivity index (χ1v) is 7.59. The second-order valence-electron chi connectivity index (χ2n) is 3.45. The van der Waals surface area contributed by atoms with Gasteiger partial charge in [-0.05, 0) is 63.7 Å². The van der Waals surface area contributed by atoms with Crippen molar-refractivity contribution < 1.29 is 13.2 Å². The Morgan fingerprint density at radius 3 is 1.94 bits per heavy atom. The molecule has 18 heavy (non-hydrogen) atoms. The molecule has 0 saturated heterocycles. The molecule has 2 aromatic rings. The zero-order chi connectivity index (χ0) is 13.8. The molecule has 0 amide bonds. The first kappa shape index (κ1) is 14.8. The summed E-state index contributed by atoms with van der Waals surface area (Å²) in [6.45, 7) is 0. The summed E-state index contributed by atoms with van der Waals surface area (Å²) < 4.78 is 41.7. The predicted molar refractivity (Wildman–Crippen MR) is 76.5 cm³/mol. The Labute approximate surface area is 133 Å². The smallest absolute Gasteiger partial charge is 0.322 e. The van der Waals surface area contributed by atoms with Crippen molar-refractivity contribution in [3.63, 3.8) is 0 Å². The summed E-state index contributed by atoms with van der Waals surface area (Å²) in [6, 6.07) is 0. The molecule has 1 heterocycles.